The van der Waals surface area contributed by atoms with Crippen LogP contribution in [-0.4, -0.2) is 0 Å². The number of aryl methyl sites for hydroxylation is 1. The van der Waals surface area contributed by atoms with E-state index in [0.717, 1.165) is 6.42 Å². The summed E-state index contributed by atoms with van der Waals surface area (Å²) in [7, 11) is 1.48. The first-order valence-electron chi connectivity index (χ1n) is 5.07. The van der Waals surface area contributed by atoms with E-state index in [4.69, 9.17) is 0 Å². The molecule has 0 amide bonds. The van der Waals surface area contributed by atoms with Crippen molar-refractivity contribution in [1.82, 2.24) is 0 Å². The number of hydrogen-bond acceptors (Lipinski definition) is 0. The maximum Gasteiger partial charge on any atom is -0.0300 e. The summed E-state index contributed by atoms with van der Waals surface area (Å²) >= 11 is 0. The molecule has 0 atom stereocenters. The second-order valence-electron chi connectivity index (χ2n) is 3.80. The van der Waals surface area contributed by atoms with Gasteiger partial charge in [-0.15, -0.1) is 6.58 Å². The maximum atomic E-state index is 3.83. The molecule has 0 radical (unpaired) electrons. The van der Waals surface area contributed by atoms with E-state index in [0.29, 0.717) is 0 Å². The minimum Gasteiger partial charge on any atom is -0.524 e. The predicted octanol–water partition coefficient (Wildman–Crippen LogP) is 3.90. The monoisotopic (exact) mass is 191 g/mol. The fraction of sp³-hybridized carbons (Fsp3) is 0.500. The lowest BCUT2D eigenvalue weighted by atomic mass is 9.92. The van der Waals surface area contributed by atoms with Gasteiger partial charge in [-0.05, 0) is 32.1 Å². The van der Waals surface area contributed by atoms with E-state index in [9.17, 15) is 0 Å². The van der Waals surface area contributed by atoms with Gasteiger partial charge in [-0.3, -0.25) is 0 Å². The van der Waals surface area contributed by atoms with Crippen molar-refractivity contribution in [2.45, 2.75) is 39.0 Å². The minimum atomic E-state index is 1.09. The summed E-state index contributed by atoms with van der Waals surface area (Å²) in [6, 6.07) is 0. The van der Waals surface area contributed by atoms with E-state index in [2.05, 4.69) is 13.5 Å². The van der Waals surface area contributed by atoms with Crippen LogP contribution in [0.4, 0.5) is 0 Å². The molecule has 1 aromatic rings. The Balaban J connectivity index is 2.41. The smallest absolute Gasteiger partial charge is 0.0300 e. The second kappa shape index (κ2) is 3.72. The Morgan fingerprint density at radius 3 is 2.69 bits per heavy atom. The zero-order valence-corrected chi connectivity index (χ0v) is 9.16. The normalized spacial score (nSPS) is 16.1. The van der Waals surface area contributed by atoms with E-state index in [1.165, 1.54) is 33.9 Å². The molecule has 0 saturated carbocycles. The molecular formula is C12H16P-. The molecule has 1 aliphatic carbocycles. The third kappa shape index (κ3) is 1.60. The molecule has 0 fully saturated rings. The van der Waals surface area contributed by atoms with Gasteiger partial charge in [0.25, 0.3) is 0 Å². The molecule has 1 heterocycles. The summed E-state index contributed by atoms with van der Waals surface area (Å²) < 4.78 is 0. The SMILES string of the molecule is C=CCc1[p-]c(C)c2c1CCCC2. The van der Waals surface area contributed by atoms with Crippen molar-refractivity contribution in [1.29, 1.82) is 0 Å². The van der Waals surface area contributed by atoms with Crippen LogP contribution in [0.3, 0.4) is 0 Å². The van der Waals surface area contributed by atoms with Gasteiger partial charge in [0.05, 0.1) is 0 Å². The summed E-state index contributed by atoms with van der Waals surface area (Å²) in [5.41, 5.74) is 3.37. The standard InChI is InChI=1S/C12H16P/c1-3-6-12-11-8-5-4-7-10(11)9(2)13-12/h3H,1,4-8H2,2H3/q-1. The molecule has 1 aliphatic rings. The molecule has 0 spiro atoms. The fourth-order valence-electron chi connectivity index (χ4n) is 2.27. The first kappa shape index (κ1) is 9.09. The average molecular weight is 191 g/mol. The van der Waals surface area contributed by atoms with Crippen molar-refractivity contribution in [2.75, 3.05) is 0 Å². The maximum absolute atomic E-state index is 3.83. The third-order valence-corrected chi connectivity index (χ3v) is 4.22. The Labute approximate surface area is 82.1 Å². The van der Waals surface area contributed by atoms with Crippen LogP contribution in [0.1, 0.15) is 34.6 Å². The molecule has 0 N–H and O–H groups in total. The average Bonchev–Trinajstić information content (AvgIpc) is 2.46. The Hall–Kier alpha value is -0.480. The highest BCUT2D eigenvalue weighted by atomic mass is 31.0. The van der Waals surface area contributed by atoms with E-state index < -0.39 is 0 Å². The molecule has 1 heteroatoms. The van der Waals surface area contributed by atoms with Crippen LogP contribution in [0.2, 0.25) is 0 Å². The predicted molar refractivity (Wildman–Crippen MR) is 59.8 cm³/mol. The Bertz CT molecular complexity index is 320. The Morgan fingerprint density at radius 1 is 1.31 bits per heavy atom. The zero-order chi connectivity index (χ0) is 9.26. The molecule has 0 unspecified atom stereocenters. The molecular weight excluding hydrogens is 175 g/mol. The van der Waals surface area contributed by atoms with Crippen molar-refractivity contribution in [2.24, 2.45) is 0 Å². The molecule has 0 bridgehead atoms. The highest BCUT2D eigenvalue weighted by Crippen LogP contribution is 2.37. The number of hydrogen-bond donors (Lipinski definition) is 0. The van der Waals surface area contributed by atoms with Crippen LogP contribution in [0.5, 0.6) is 0 Å². The van der Waals surface area contributed by atoms with E-state index in [1.54, 1.807) is 21.7 Å². The number of rotatable bonds is 2. The van der Waals surface area contributed by atoms with E-state index in [1.807, 2.05) is 6.08 Å². The lowest BCUT2D eigenvalue weighted by molar-refractivity contribution is 0.684. The quantitative estimate of drug-likeness (QED) is 0.622. The molecule has 0 saturated heterocycles. The molecule has 13 heavy (non-hydrogen) atoms. The van der Waals surface area contributed by atoms with E-state index in [-0.39, 0.29) is 0 Å². The summed E-state index contributed by atoms with van der Waals surface area (Å²) in [6.45, 7) is 6.12. The van der Waals surface area contributed by atoms with Gasteiger partial charge < -0.3 is 8.19 Å². The van der Waals surface area contributed by atoms with E-state index >= 15 is 0 Å². The second-order valence-corrected chi connectivity index (χ2v) is 5.24. The fourth-order valence-corrected chi connectivity index (χ4v) is 3.65. The van der Waals surface area contributed by atoms with Gasteiger partial charge in [0.2, 0.25) is 0 Å². The largest absolute Gasteiger partial charge is 0.524 e. The summed E-state index contributed by atoms with van der Waals surface area (Å²) in [6.07, 6.45) is 8.57. The van der Waals surface area contributed by atoms with Crippen LogP contribution < -0.4 is 0 Å². The zero-order valence-electron chi connectivity index (χ0n) is 8.27. The van der Waals surface area contributed by atoms with Crippen LogP contribution in [0.25, 0.3) is 0 Å². The Morgan fingerprint density at radius 2 is 2.00 bits per heavy atom. The summed E-state index contributed by atoms with van der Waals surface area (Å²) in [4.78, 5) is 0. The van der Waals surface area contributed by atoms with Gasteiger partial charge in [-0.25, -0.2) is 10.6 Å². The number of allylic oxidation sites excluding steroid dienone is 1. The first-order chi connectivity index (χ1) is 6.33. The van der Waals surface area contributed by atoms with Crippen molar-refractivity contribution in [3.05, 3.63) is 34.4 Å². The van der Waals surface area contributed by atoms with Crippen molar-refractivity contribution in [3.8, 4) is 0 Å². The van der Waals surface area contributed by atoms with Crippen LogP contribution in [-0.2, 0) is 19.3 Å². The van der Waals surface area contributed by atoms with Crippen molar-refractivity contribution >= 4 is 8.19 Å². The highest BCUT2D eigenvalue weighted by Gasteiger charge is 2.10. The molecule has 0 aromatic carbocycles. The Kier molecular flexibility index (Phi) is 2.60. The van der Waals surface area contributed by atoms with Gasteiger partial charge in [-0.2, -0.15) is 0 Å². The molecule has 0 nitrogen and oxygen atoms in total. The lowest BCUT2D eigenvalue weighted by Gasteiger charge is -2.17. The van der Waals surface area contributed by atoms with Crippen LogP contribution in [0.15, 0.2) is 12.7 Å². The lowest BCUT2D eigenvalue weighted by Crippen LogP contribution is -2.01. The van der Waals surface area contributed by atoms with Gasteiger partial charge >= 0.3 is 0 Å². The summed E-state index contributed by atoms with van der Waals surface area (Å²) in [5, 5.41) is 3.23. The minimum absolute atomic E-state index is 1.09. The van der Waals surface area contributed by atoms with Crippen LogP contribution in [0, 0.1) is 6.92 Å². The van der Waals surface area contributed by atoms with Gasteiger partial charge in [0.1, 0.15) is 0 Å². The highest BCUT2D eigenvalue weighted by molar-refractivity contribution is 7.32. The topological polar surface area (TPSA) is 0 Å². The van der Waals surface area contributed by atoms with Gasteiger partial charge in [-0.1, -0.05) is 24.1 Å². The summed E-state index contributed by atoms with van der Waals surface area (Å²) in [5.74, 6) is 0. The molecule has 1 aromatic heterocycles. The third-order valence-electron chi connectivity index (χ3n) is 2.89. The van der Waals surface area contributed by atoms with Crippen molar-refractivity contribution in [3.63, 3.8) is 0 Å². The number of fused-ring (bicyclic) bond motifs is 1. The molecule has 70 valence electrons. The van der Waals surface area contributed by atoms with Crippen LogP contribution >= 0.6 is 8.19 Å². The van der Waals surface area contributed by atoms with Crippen molar-refractivity contribution < 1.29 is 0 Å². The first-order valence-corrected chi connectivity index (χ1v) is 5.97. The molecule has 0 aliphatic heterocycles. The van der Waals surface area contributed by atoms with Gasteiger partial charge in [0, 0.05) is 0 Å². The molecule has 2 rings (SSSR count). The van der Waals surface area contributed by atoms with Gasteiger partial charge in [0.15, 0.2) is 0 Å².